The Labute approximate surface area is 167 Å². The van der Waals surface area contributed by atoms with Crippen molar-refractivity contribution < 1.29 is 19.4 Å². The Morgan fingerprint density at radius 1 is 0.821 bits per heavy atom. The van der Waals surface area contributed by atoms with Gasteiger partial charge in [0.2, 0.25) is 0 Å². The summed E-state index contributed by atoms with van der Waals surface area (Å²) in [5.41, 5.74) is 2.84. The number of carboxylic acid groups (broad SMARTS) is 1. The number of carbonyl (C=O) groups excluding carboxylic acids is 1. The van der Waals surface area contributed by atoms with Crippen LogP contribution < -0.4 is 4.74 Å². The lowest BCUT2D eigenvalue weighted by Crippen LogP contribution is -2.10. The maximum Gasteiger partial charge on any atom is 0.343 e. The molecule has 2 rings (SSSR count). The normalized spacial score (nSPS) is 10.6. The van der Waals surface area contributed by atoms with Gasteiger partial charge in [0, 0.05) is 0 Å². The van der Waals surface area contributed by atoms with Gasteiger partial charge in [-0.05, 0) is 67.1 Å². The molecule has 0 fully saturated rings. The maximum absolute atomic E-state index is 12.5. The predicted octanol–water partition coefficient (Wildman–Crippen LogP) is 6.07. The van der Waals surface area contributed by atoms with Gasteiger partial charge in [-0.2, -0.15) is 0 Å². The molecular weight excluding hydrogens is 352 g/mol. The largest absolute Gasteiger partial charge is 0.478 e. The second kappa shape index (κ2) is 11.3. The minimum absolute atomic E-state index is 0.147. The van der Waals surface area contributed by atoms with Gasteiger partial charge in [-0.1, -0.05) is 51.7 Å². The molecule has 0 radical (unpaired) electrons. The lowest BCUT2D eigenvalue weighted by atomic mass is 10.00. The molecule has 0 amide bonds. The lowest BCUT2D eigenvalue weighted by molar-refractivity contribution is 0.0691. The number of aryl methyl sites for hydroxylation is 2. The van der Waals surface area contributed by atoms with Crippen molar-refractivity contribution in [2.24, 2.45) is 0 Å². The SMILES string of the molecule is CCCCCCc1cc(CCCC)ccc1OC(=O)c1ccc(C(=O)O)cc1. The molecule has 4 nitrogen and oxygen atoms in total. The highest BCUT2D eigenvalue weighted by molar-refractivity contribution is 5.93. The van der Waals surface area contributed by atoms with Crippen LogP contribution in [0.15, 0.2) is 42.5 Å². The van der Waals surface area contributed by atoms with Gasteiger partial charge >= 0.3 is 11.9 Å². The molecule has 0 unspecified atom stereocenters. The number of carbonyl (C=O) groups is 2. The van der Waals surface area contributed by atoms with E-state index in [1.807, 2.05) is 12.1 Å². The van der Waals surface area contributed by atoms with Gasteiger partial charge in [-0.15, -0.1) is 0 Å². The Hall–Kier alpha value is -2.62. The zero-order valence-corrected chi connectivity index (χ0v) is 16.9. The summed E-state index contributed by atoms with van der Waals surface area (Å²) in [5, 5.41) is 8.98. The van der Waals surface area contributed by atoms with Crippen LogP contribution in [0.4, 0.5) is 0 Å². The van der Waals surface area contributed by atoms with Gasteiger partial charge in [0.05, 0.1) is 11.1 Å². The number of hydrogen-bond donors (Lipinski definition) is 1. The van der Waals surface area contributed by atoms with Gasteiger partial charge < -0.3 is 9.84 Å². The summed E-state index contributed by atoms with van der Waals surface area (Å²) in [5.74, 6) is -0.880. The Morgan fingerprint density at radius 3 is 2.14 bits per heavy atom. The van der Waals surface area contributed by atoms with Gasteiger partial charge in [0.15, 0.2) is 0 Å². The van der Waals surface area contributed by atoms with E-state index in [-0.39, 0.29) is 5.56 Å². The highest BCUT2D eigenvalue weighted by atomic mass is 16.5. The predicted molar refractivity (Wildman–Crippen MR) is 111 cm³/mol. The van der Waals surface area contributed by atoms with E-state index >= 15 is 0 Å². The molecule has 0 aliphatic carbocycles. The number of hydrogen-bond acceptors (Lipinski definition) is 3. The molecule has 0 aromatic heterocycles. The van der Waals surface area contributed by atoms with Crippen molar-refractivity contribution in [3.8, 4) is 5.75 Å². The Morgan fingerprint density at radius 2 is 1.50 bits per heavy atom. The molecule has 0 saturated heterocycles. The third kappa shape index (κ3) is 6.52. The quantitative estimate of drug-likeness (QED) is 0.291. The fraction of sp³-hybridized carbons (Fsp3) is 0.417. The van der Waals surface area contributed by atoms with E-state index in [2.05, 4.69) is 19.9 Å². The van der Waals surface area contributed by atoms with E-state index in [4.69, 9.17) is 9.84 Å². The van der Waals surface area contributed by atoms with Crippen molar-refractivity contribution in [3.05, 3.63) is 64.7 Å². The van der Waals surface area contributed by atoms with Crippen LogP contribution in [0.25, 0.3) is 0 Å². The van der Waals surface area contributed by atoms with Crippen molar-refractivity contribution in [2.75, 3.05) is 0 Å². The van der Waals surface area contributed by atoms with Crippen molar-refractivity contribution in [2.45, 2.75) is 65.2 Å². The molecule has 28 heavy (non-hydrogen) atoms. The second-order valence-electron chi connectivity index (χ2n) is 7.13. The molecular formula is C24H30O4. The number of benzene rings is 2. The standard InChI is InChI=1S/C24H30O4/c1-3-5-7-8-10-21-17-18(9-6-4-2)11-16-22(21)28-24(27)20-14-12-19(13-15-20)23(25)26/h11-17H,3-10H2,1-2H3,(H,25,26). The molecule has 2 aromatic rings. The Balaban J connectivity index is 2.14. The molecule has 0 spiro atoms. The molecule has 150 valence electrons. The fourth-order valence-electron chi connectivity index (χ4n) is 3.11. The van der Waals surface area contributed by atoms with Crippen LogP contribution in [0.5, 0.6) is 5.75 Å². The fourth-order valence-corrected chi connectivity index (χ4v) is 3.11. The number of esters is 1. The topological polar surface area (TPSA) is 63.6 Å². The Bertz CT molecular complexity index is 778. The molecule has 0 bridgehead atoms. The van der Waals surface area contributed by atoms with Crippen LogP contribution in [0.2, 0.25) is 0 Å². The molecule has 0 atom stereocenters. The van der Waals surface area contributed by atoms with E-state index in [0.29, 0.717) is 11.3 Å². The molecule has 2 aromatic carbocycles. The van der Waals surface area contributed by atoms with Crippen LogP contribution in [0.3, 0.4) is 0 Å². The van der Waals surface area contributed by atoms with Crippen LogP contribution in [-0.4, -0.2) is 17.0 Å². The maximum atomic E-state index is 12.5. The van der Waals surface area contributed by atoms with Crippen LogP contribution in [-0.2, 0) is 12.8 Å². The zero-order chi connectivity index (χ0) is 20.4. The highest BCUT2D eigenvalue weighted by Crippen LogP contribution is 2.25. The Kier molecular flexibility index (Phi) is 8.73. The lowest BCUT2D eigenvalue weighted by Gasteiger charge is -2.12. The van der Waals surface area contributed by atoms with E-state index < -0.39 is 11.9 Å². The van der Waals surface area contributed by atoms with Crippen LogP contribution in [0, 0.1) is 0 Å². The summed E-state index contributed by atoms with van der Waals surface area (Å²) >= 11 is 0. The van der Waals surface area contributed by atoms with Crippen LogP contribution >= 0.6 is 0 Å². The van der Waals surface area contributed by atoms with Gasteiger partial charge in [-0.3, -0.25) is 0 Å². The molecule has 1 N–H and O–H groups in total. The first kappa shape index (κ1) is 21.7. The molecule has 0 saturated carbocycles. The molecule has 0 aliphatic heterocycles. The van der Waals surface area contributed by atoms with Crippen molar-refractivity contribution in [1.82, 2.24) is 0 Å². The first-order valence-electron chi connectivity index (χ1n) is 10.2. The minimum atomic E-state index is -1.02. The number of carboxylic acids is 1. The van der Waals surface area contributed by atoms with E-state index in [1.165, 1.54) is 49.1 Å². The summed E-state index contributed by atoms with van der Waals surface area (Å²) in [4.78, 5) is 23.5. The number of rotatable bonds is 11. The summed E-state index contributed by atoms with van der Waals surface area (Å²) in [6, 6.07) is 11.9. The van der Waals surface area contributed by atoms with Gasteiger partial charge in [-0.25, -0.2) is 9.59 Å². The number of aromatic carboxylic acids is 1. The monoisotopic (exact) mass is 382 g/mol. The van der Waals surface area contributed by atoms with Crippen molar-refractivity contribution >= 4 is 11.9 Å². The van der Waals surface area contributed by atoms with Gasteiger partial charge in [0.1, 0.15) is 5.75 Å². The number of ether oxygens (including phenoxy) is 1. The molecule has 0 heterocycles. The average Bonchev–Trinajstić information content (AvgIpc) is 2.71. The van der Waals surface area contributed by atoms with Crippen molar-refractivity contribution in [1.29, 1.82) is 0 Å². The summed E-state index contributed by atoms with van der Waals surface area (Å²) < 4.78 is 5.66. The first-order chi connectivity index (χ1) is 13.5. The van der Waals surface area contributed by atoms with E-state index in [0.717, 1.165) is 37.7 Å². The van der Waals surface area contributed by atoms with Crippen LogP contribution in [0.1, 0.15) is 84.2 Å². The molecule has 0 aliphatic rings. The van der Waals surface area contributed by atoms with Crippen molar-refractivity contribution in [3.63, 3.8) is 0 Å². The summed E-state index contributed by atoms with van der Waals surface area (Å²) in [6.45, 7) is 4.37. The minimum Gasteiger partial charge on any atom is -0.478 e. The average molecular weight is 383 g/mol. The van der Waals surface area contributed by atoms with E-state index in [9.17, 15) is 9.59 Å². The highest BCUT2D eigenvalue weighted by Gasteiger charge is 2.13. The molecule has 4 heteroatoms. The smallest absolute Gasteiger partial charge is 0.343 e. The number of unbranched alkanes of at least 4 members (excludes halogenated alkanes) is 4. The van der Waals surface area contributed by atoms with Gasteiger partial charge in [0.25, 0.3) is 0 Å². The zero-order valence-electron chi connectivity index (χ0n) is 16.9. The third-order valence-electron chi connectivity index (χ3n) is 4.81. The third-order valence-corrected chi connectivity index (χ3v) is 4.81. The summed E-state index contributed by atoms with van der Waals surface area (Å²) in [6.07, 6.45) is 8.84. The van der Waals surface area contributed by atoms with E-state index in [1.54, 1.807) is 0 Å². The second-order valence-corrected chi connectivity index (χ2v) is 7.13. The first-order valence-corrected chi connectivity index (χ1v) is 10.2. The summed E-state index contributed by atoms with van der Waals surface area (Å²) in [7, 11) is 0.